The molecule has 1 fully saturated rings. The van der Waals surface area contributed by atoms with Crippen LogP contribution < -0.4 is 4.74 Å². The van der Waals surface area contributed by atoms with Gasteiger partial charge in [-0.3, -0.25) is 0 Å². The van der Waals surface area contributed by atoms with Crippen LogP contribution in [0.5, 0.6) is 5.75 Å². The fourth-order valence-electron chi connectivity index (χ4n) is 2.13. The number of carbonyl (C=O) groups excluding carboxylic acids is 1. The molecule has 1 saturated heterocycles. The summed E-state index contributed by atoms with van der Waals surface area (Å²) >= 11 is 1.46. The first kappa shape index (κ1) is 15.5. The normalized spacial score (nSPS) is 17.6. The third-order valence-corrected chi connectivity index (χ3v) is 4.33. The Labute approximate surface area is 127 Å². The van der Waals surface area contributed by atoms with Crippen molar-refractivity contribution >= 4 is 23.8 Å². The Balaban J connectivity index is 2.00. The summed E-state index contributed by atoms with van der Waals surface area (Å²) in [5.74, 6) is 0.668. The molecule has 1 atom stereocenters. The Morgan fingerprint density at radius 3 is 2.67 bits per heavy atom. The van der Waals surface area contributed by atoms with Gasteiger partial charge in [-0.1, -0.05) is 12.1 Å². The molecule has 2 rings (SSSR count). The molecule has 0 bridgehead atoms. The van der Waals surface area contributed by atoms with Crippen molar-refractivity contribution in [1.82, 2.24) is 9.80 Å². The zero-order valence-electron chi connectivity index (χ0n) is 12.0. The topological polar surface area (TPSA) is 70.1 Å². The van der Waals surface area contributed by atoms with E-state index >= 15 is 0 Å². The number of hydrogen-bond donors (Lipinski definition) is 1. The summed E-state index contributed by atoms with van der Waals surface area (Å²) in [5.41, 5.74) is 0.963. The summed E-state index contributed by atoms with van der Waals surface area (Å²) in [6, 6.07) is 6.44. The predicted octanol–water partition coefficient (Wildman–Crippen LogP) is 1.71. The number of methoxy groups -OCH3 is 1. The summed E-state index contributed by atoms with van der Waals surface area (Å²) in [5, 5.41) is 9.12. The highest BCUT2D eigenvalue weighted by molar-refractivity contribution is 7.99. The third-order valence-electron chi connectivity index (χ3n) is 3.32. The molecule has 0 aromatic heterocycles. The van der Waals surface area contributed by atoms with Crippen LogP contribution >= 0.6 is 11.8 Å². The lowest BCUT2D eigenvalue weighted by atomic mass is 10.2. The molecular weight excluding hydrogens is 292 g/mol. The van der Waals surface area contributed by atoms with Crippen molar-refractivity contribution in [2.45, 2.75) is 12.6 Å². The number of carboxylic acids is 1. The smallest absolute Gasteiger partial charge is 0.327 e. The zero-order valence-corrected chi connectivity index (χ0v) is 12.8. The Morgan fingerprint density at radius 2 is 2.10 bits per heavy atom. The summed E-state index contributed by atoms with van der Waals surface area (Å²) in [4.78, 5) is 26.4. The quantitative estimate of drug-likeness (QED) is 0.917. The van der Waals surface area contributed by atoms with Crippen LogP contribution in [0.2, 0.25) is 0 Å². The molecule has 6 nitrogen and oxygen atoms in total. The molecule has 1 heterocycles. The Hall–Kier alpha value is -1.89. The van der Waals surface area contributed by atoms with Crippen molar-refractivity contribution in [3.05, 3.63) is 29.8 Å². The molecule has 0 saturated carbocycles. The monoisotopic (exact) mass is 310 g/mol. The van der Waals surface area contributed by atoms with Crippen molar-refractivity contribution in [2.75, 3.05) is 25.8 Å². The number of urea groups is 1. The molecule has 1 aromatic rings. The standard InChI is InChI=1S/C14H18N2O4S/c1-15(7-10-3-5-11(20-2)6-4-10)14(19)16-9-21-8-12(16)13(17)18/h3-6,12H,7-9H2,1-2H3,(H,17,18). The molecule has 114 valence electrons. The molecular formula is C14H18N2O4S. The lowest BCUT2D eigenvalue weighted by Gasteiger charge is -2.27. The zero-order chi connectivity index (χ0) is 15.4. The van der Waals surface area contributed by atoms with Crippen LogP contribution in [0.15, 0.2) is 24.3 Å². The van der Waals surface area contributed by atoms with E-state index in [4.69, 9.17) is 9.84 Å². The van der Waals surface area contributed by atoms with Gasteiger partial charge in [0.1, 0.15) is 11.8 Å². The number of hydrogen-bond acceptors (Lipinski definition) is 4. The second-order valence-electron chi connectivity index (χ2n) is 4.81. The van der Waals surface area contributed by atoms with Crippen molar-refractivity contribution in [3.8, 4) is 5.75 Å². The summed E-state index contributed by atoms with van der Waals surface area (Å²) in [6.07, 6.45) is 0. The first-order valence-corrected chi connectivity index (χ1v) is 7.63. The molecule has 7 heteroatoms. The molecule has 1 aliphatic rings. The van der Waals surface area contributed by atoms with Gasteiger partial charge in [0.05, 0.1) is 13.0 Å². The lowest BCUT2D eigenvalue weighted by molar-refractivity contribution is -0.140. The predicted molar refractivity (Wildman–Crippen MR) is 80.4 cm³/mol. The Kier molecular flexibility index (Phi) is 4.95. The highest BCUT2D eigenvalue weighted by Gasteiger charge is 2.35. The van der Waals surface area contributed by atoms with Crippen molar-refractivity contribution in [2.24, 2.45) is 0 Å². The summed E-state index contributed by atoms with van der Waals surface area (Å²) < 4.78 is 5.09. The van der Waals surface area contributed by atoms with E-state index in [1.807, 2.05) is 24.3 Å². The Morgan fingerprint density at radius 1 is 1.43 bits per heavy atom. The number of carboxylic acid groups (broad SMARTS) is 1. The van der Waals surface area contributed by atoms with Gasteiger partial charge in [-0.25, -0.2) is 9.59 Å². The highest BCUT2D eigenvalue weighted by atomic mass is 32.2. The third kappa shape index (κ3) is 3.60. The minimum atomic E-state index is -0.953. The summed E-state index contributed by atoms with van der Waals surface area (Å²) in [7, 11) is 3.27. The first-order valence-electron chi connectivity index (χ1n) is 6.48. The van der Waals surface area contributed by atoms with Gasteiger partial charge in [-0.15, -0.1) is 11.8 Å². The maximum Gasteiger partial charge on any atom is 0.327 e. The highest BCUT2D eigenvalue weighted by Crippen LogP contribution is 2.23. The molecule has 1 N–H and O–H groups in total. The average molecular weight is 310 g/mol. The van der Waals surface area contributed by atoms with Crippen molar-refractivity contribution < 1.29 is 19.4 Å². The summed E-state index contributed by atoms with van der Waals surface area (Å²) in [6.45, 7) is 0.427. The molecule has 0 radical (unpaired) electrons. The lowest BCUT2D eigenvalue weighted by Crippen LogP contribution is -2.47. The van der Waals surface area contributed by atoms with E-state index in [0.29, 0.717) is 18.2 Å². The van der Waals surface area contributed by atoms with Gasteiger partial charge in [-0.05, 0) is 17.7 Å². The van der Waals surface area contributed by atoms with E-state index in [9.17, 15) is 9.59 Å². The SMILES string of the molecule is COc1ccc(CN(C)C(=O)N2CSCC2C(=O)O)cc1. The molecule has 1 aromatic carbocycles. The van der Waals surface area contributed by atoms with E-state index in [0.717, 1.165) is 11.3 Å². The van der Waals surface area contributed by atoms with E-state index in [1.165, 1.54) is 21.6 Å². The van der Waals surface area contributed by atoms with Crippen LogP contribution in [-0.2, 0) is 11.3 Å². The van der Waals surface area contributed by atoms with Gasteiger partial charge in [-0.2, -0.15) is 0 Å². The molecule has 0 spiro atoms. The van der Waals surface area contributed by atoms with Crippen LogP contribution in [0.4, 0.5) is 4.79 Å². The van der Waals surface area contributed by atoms with E-state index in [2.05, 4.69) is 0 Å². The number of nitrogens with zero attached hydrogens (tertiary/aromatic N) is 2. The number of carbonyl (C=O) groups is 2. The largest absolute Gasteiger partial charge is 0.497 e. The number of amides is 2. The van der Waals surface area contributed by atoms with Gasteiger partial charge < -0.3 is 19.6 Å². The van der Waals surface area contributed by atoms with E-state index in [-0.39, 0.29) is 6.03 Å². The fourth-order valence-corrected chi connectivity index (χ4v) is 3.27. The van der Waals surface area contributed by atoms with Gasteiger partial charge in [0.25, 0.3) is 0 Å². The minimum absolute atomic E-state index is 0.261. The maximum atomic E-state index is 12.3. The van der Waals surface area contributed by atoms with Gasteiger partial charge in [0.15, 0.2) is 0 Å². The second kappa shape index (κ2) is 6.71. The molecule has 2 amide bonds. The van der Waals surface area contributed by atoms with Crippen LogP contribution in [0.3, 0.4) is 0 Å². The van der Waals surface area contributed by atoms with Gasteiger partial charge >= 0.3 is 12.0 Å². The van der Waals surface area contributed by atoms with Crippen LogP contribution in [0.1, 0.15) is 5.56 Å². The maximum absolute atomic E-state index is 12.3. The number of ether oxygens (including phenoxy) is 1. The minimum Gasteiger partial charge on any atom is -0.497 e. The molecule has 21 heavy (non-hydrogen) atoms. The van der Waals surface area contributed by atoms with Gasteiger partial charge in [0, 0.05) is 19.3 Å². The second-order valence-corrected chi connectivity index (χ2v) is 5.81. The number of thioether (sulfide) groups is 1. The van der Waals surface area contributed by atoms with E-state index in [1.54, 1.807) is 14.2 Å². The fraction of sp³-hybridized carbons (Fsp3) is 0.429. The van der Waals surface area contributed by atoms with Crippen LogP contribution in [0.25, 0.3) is 0 Å². The first-order chi connectivity index (χ1) is 10.0. The van der Waals surface area contributed by atoms with Crippen molar-refractivity contribution in [1.29, 1.82) is 0 Å². The number of benzene rings is 1. The van der Waals surface area contributed by atoms with E-state index < -0.39 is 12.0 Å². The average Bonchev–Trinajstić information content (AvgIpc) is 2.96. The van der Waals surface area contributed by atoms with Crippen LogP contribution in [-0.4, -0.2) is 58.7 Å². The number of rotatable bonds is 4. The number of aliphatic carboxylic acids is 1. The van der Waals surface area contributed by atoms with Gasteiger partial charge in [0.2, 0.25) is 0 Å². The molecule has 1 aliphatic heterocycles. The molecule has 0 aliphatic carbocycles. The van der Waals surface area contributed by atoms with Crippen LogP contribution in [0, 0.1) is 0 Å². The molecule has 1 unspecified atom stereocenters. The van der Waals surface area contributed by atoms with Crippen molar-refractivity contribution in [3.63, 3.8) is 0 Å². The Bertz CT molecular complexity index is 520.